The molecule has 5 nitrogen and oxygen atoms in total. The van der Waals surface area contributed by atoms with Crippen molar-refractivity contribution in [2.75, 3.05) is 22.6 Å². The lowest BCUT2D eigenvalue weighted by molar-refractivity contribution is 0.190. The third kappa shape index (κ3) is 2.28. The molecule has 1 saturated heterocycles. The first-order valence-electron chi connectivity index (χ1n) is 4.97. The van der Waals surface area contributed by atoms with Crippen LogP contribution in [0.5, 0.6) is 0 Å². The van der Waals surface area contributed by atoms with E-state index in [-0.39, 0.29) is 11.5 Å². The van der Waals surface area contributed by atoms with Gasteiger partial charge in [-0.15, -0.1) is 0 Å². The molecule has 0 unspecified atom stereocenters. The molecule has 1 fully saturated rings. The highest BCUT2D eigenvalue weighted by Gasteiger charge is 2.36. The monoisotopic (exact) mass is 242 g/mol. The first-order valence-corrected chi connectivity index (χ1v) is 6.79. The third-order valence-corrected chi connectivity index (χ3v) is 4.34. The highest BCUT2D eigenvalue weighted by molar-refractivity contribution is 7.91. The van der Waals surface area contributed by atoms with Gasteiger partial charge in [0.05, 0.1) is 35.0 Å². The summed E-state index contributed by atoms with van der Waals surface area (Å²) in [5, 5.41) is 12.6. The number of hydrogen-bond donors (Lipinski definition) is 3. The number of nitrogen functional groups attached to an aromatic ring is 1. The van der Waals surface area contributed by atoms with E-state index in [1.807, 2.05) is 0 Å². The highest BCUT2D eigenvalue weighted by atomic mass is 32.2. The lowest BCUT2D eigenvalue weighted by Gasteiger charge is -2.17. The van der Waals surface area contributed by atoms with Crippen LogP contribution in [-0.2, 0) is 9.84 Å². The van der Waals surface area contributed by atoms with Crippen LogP contribution in [0.3, 0.4) is 0 Å². The van der Waals surface area contributed by atoms with Gasteiger partial charge in [-0.3, -0.25) is 0 Å². The number of hydrogen-bond acceptors (Lipinski definition) is 5. The summed E-state index contributed by atoms with van der Waals surface area (Å²) in [7, 11) is -3.13. The zero-order valence-electron chi connectivity index (χ0n) is 8.63. The summed E-state index contributed by atoms with van der Waals surface area (Å²) in [5.41, 5.74) is 6.92. The molecule has 2 rings (SSSR count). The van der Waals surface area contributed by atoms with Gasteiger partial charge in [-0.2, -0.15) is 0 Å². The lowest BCUT2D eigenvalue weighted by Crippen LogP contribution is -2.32. The van der Waals surface area contributed by atoms with Crippen LogP contribution in [0.1, 0.15) is 0 Å². The number of nitrogens with one attached hydrogen (secondary N) is 1. The van der Waals surface area contributed by atoms with E-state index in [1.54, 1.807) is 24.3 Å². The Morgan fingerprint density at radius 3 is 2.56 bits per heavy atom. The minimum absolute atomic E-state index is 0.0531. The number of anilines is 2. The Labute approximate surface area is 94.2 Å². The van der Waals surface area contributed by atoms with Crippen LogP contribution in [-0.4, -0.2) is 37.2 Å². The number of benzene rings is 1. The molecule has 2 atom stereocenters. The Bertz CT molecular complexity index is 487. The molecular formula is C10H14N2O3S. The van der Waals surface area contributed by atoms with Gasteiger partial charge in [0.25, 0.3) is 0 Å². The maximum absolute atomic E-state index is 11.3. The zero-order chi connectivity index (χ0) is 11.8. The second kappa shape index (κ2) is 3.95. The van der Waals surface area contributed by atoms with Crippen molar-refractivity contribution in [3.8, 4) is 0 Å². The van der Waals surface area contributed by atoms with Crippen LogP contribution in [0.4, 0.5) is 11.4 Å². The van der Waals surface area contributed by atoms with E-state index in [9.17, 15) is 13.5 Å². The van der Waals surface area contributed by atoms with E-state index in [4.69, 9.17) is 5.73 Å². The van der Waals surface area contributed by atoms with Gasteiger partial charge in [0, 0.05) is 0 Å². The van der Waals surface area contributed by atoms with Crippen molar-refractivity contribution >= 4 is 21.2 Å². The van der Waals surface area contributed by atoms with E-state index in [0.717, 1.165) is 0 Å². The minimum atomic E-state index is -3.13. The summed E-state index contributed by atoms with van der Waals surface area (Å²) < 4.78 is 22.6. The standard InChI is InChI=1S/C10H14N2O3S/c11-7-3-1-2-4-8(7)12-9-5-16(14,15)6-10(9)13/h1-4,9-10,12-13H,5-6,11H2/t9-,10+/m0/s1. The molecular weight excluding hydrogens is 228 g/mol. The molecule has 6 heteroatoms. The number of aliphatic hydroxyl groups excluding tert-OH is 1. The number of aliphatic hydroxyl groups is 1. The quantitative estimate of drug-likeness (QED) is 0.627. The fourth-order valence-corrected chi connectivity index (χ4v) is 3.54. The van der Waals surface area contributed by atoms with Gasteiger partial charge in [-0.25, -0.2) is 8.42 Å². The molecule has 0 radical (unpaired) electrons. The first kappa shape index (κ1) is 11.2. The molecule has 1 heterocycles. The lowest BCUT2D eigenvalue weighted by atomic mass is 10.2. The van der Waals surface area contributed by atoms with E-state index in [1.165, 1.54) is 0 Å². The van der Waals surface area contributed by atoms with Crippen molar-refractivity contribution in [1.29, 1.82) is 0 Å². The molecule has 0 spiro atoms. The average molecular weight is 242 g/mol. The summed E-state index contributed by atoms with van der Waals surface area (Å²) >= 11 is 0. The molecule has 0 amide bonds. The summed E-state index contributed by atoms with van der Waals surface area (Å²) in [6, 6.07) is 6.59. The van der Waals surface area contributed by atoms with Crippen LogP contribution in [0.25, 0.3) is 0 Å². The third-order valence-electron chi connectivity index (χ3n) is 2.62. The van der Waals surface area contributed by atoms with Crippen LogP contribution in [0, 0.1) is 0 Å². The first-order chi connectivity index (χ1) is 7.48. The van der Waals surface area contributed by atoms with Crippen molar-refractivity contribution < 1.29 is 13.5 Å². The molecule has 16 heavy (non-hydrogen) atoms. The van der Waals surface area contributed by atoms with Gasteiger partial charge >= 0.3 is 0 Å². The second-order valence-corrected chi connectivity index (χ2v) is 6.14. The van der Waals surface area contributed by atoms with Crippen LogP contribution >= 0.6 is 0 Å². The van der Waals surface area contributed by atoms with Crippen LogP contribution < -0.4 is 11.1 Å². The minimum Gasteiger partial charge on any atom is -0.397 e. The molecule has 88 valence electrons. The molecule has 1 aliphatic heterocycles. The van der Waals surface area contributed by atoms with E-state index in [2.05, 4.69) is 5.32 Å². The summed E-state index contributed by atoms with van der Waals surface area (Å²) in [6.45, 7) is 0. The molecule has 1 aliphatic rings. The largest absolute Gasteiger partial charge is 0.397 e. The van der Waals surface area contributed by atoms with Crippen molar-refractivity contribution in [2.24, 2.45) is 0 Å². The zero-order valence-corrected chi connectivity index (χ0v) is 9.44. The van der Waals surface area contributed by atoms with Crippen LogP contribution in [0.15, 0.2) is 24.3 Å². The van der Waals surface area contributed by atoms with Gasteiger partial charge in [0.2, 0.25) is 0 Å². The summed E-state index contributed by atoms with van der Waals surface area (Å²) in [5.74, 6) is -0.236. The summed E-state index contributed by atoms with van der Waals surface area (Å²) in [6.07, 6.45) is -0.871. The Kier molecular flexibility index (Phi) is 2.77. The Balaban J connectivity index is 2.15. The van der Waals surface area contributed by atoms with Crippen molar-refractivity contribution in [1.82, 2.24) is 0 Å². The predicted molar refractivity (Wildman–Crippen MR) is 62.9 cm³/mol. The maximum atomic E-state index is 11.3. The van der Waals surface area contributed by atoms with Gasteiger partial charge in [0.15, 0.2) is 9.84 Å². The number of sulfone groups is 1. The fraction of sp³-hybridized carbons (Fsp3) is 0.400. The second-order valence-electron chi connectivity index (χ2n) is 3.98. The highest BCUT2D eigenvalue weighted by Crippen LogP contribution is 2.22. The number of para-hydroxylation sites is 2. The van der Waals surface area contributed by atoms with E-state index >= 15 is 0 Å². The number of rotatable bonds is 2. The van der Waals surface area contributed by atoms with Crippen LogP contribution in [0.2, 0.25) is 0 Å². The topological polar surface area (TPSA) is 92.4 Å². The van der Waals surface area contributed by atoms with E-state index < -0.39 is 22.0 Å². The average Bonchev–Trinajstić information content (AvgIpc) is 2.44. The molecule has 4 N–H and O–H groups in total. The number of nitrogens with two attached hydrogens (primary N) is 1. The Morgan fingerprint density at radius 1 is 1.31 bits per heavy atom. The van der Waals surface area contributed by atoms with E-state index in [0.29, 0.717) is 11.4 Å². The fourth-order valence-electron chi connectivity index (χ4n) is 1.80. The Morgan fingerprint density at radius 2 is 2.00 bits per heavy atom. The normalized spacial score (nSPS) is 27.8. The molecule has 1 aromatic carbocycles. The predicted octanol–water partition coefficient (Wildman–Crippen LogP) is -0.161. The van der Waals surface area contributed by atoms with Gasteiger partial charge in [-0.05, 0) is 12.1 Å². The van der Waals surface area contributed by atoms with Gasteiger partial charge < -0.3 is 16.2 Å². The smallest absolute Gasteiger partial charge is 0.155 e. The van der Waals surface area contributed by atoms with Crippen molar-refractivity contribution in [3.05, 3.63) is 24.3 Å². The molecule has 1 aromatic rings. The maximum Gasteiger partial charge on any atom is 0.155 e. The molecule has 0 aliphatic carbocycles. The van der Waals surface area contributed by atoms with Gasteiger partial charge in [-0.1, -0.05) is 12.1 Å². The van der Waals surface area contributed by atoms with Crippen molar-refractivity contribution in [3.63, 3.8) is 0 Å². The molecule has 0 saturated carbocycles. The summed E-state index contributed by atoms with van der Waals surface area (Å²) in [4.78, 5) is 0. The SMILES string of the molecule is Nc1ccccc1N[C@H]1CS(=O)(=O)C[C@H]1O. The molecule has 0 aromatic heterocycles. The van der Waals surface area contributed by atoms with Crippen molar-refractivity contribution in [2.45, 2.75) is 12.1 Å². The Hall–Kier alpha value is -1.27. The van der Waals surface area contributed by atoms with Gasteiger partial charge in [0.1, 0.15) is 0 Å². The molecule has 0 bridgehead atoms.